The molecule has 1 fully saturated rings. The highest BCUT2D eigenvalue weighted by Gasteiger charge is 2.43. The van der Waals surface area contributed by atoms with Gasteiger partial charge in [0.1, 0.15) is 46.1 Å². The van der Waals surface area contributed by atoms with E-state index in [-0.39, 0.29) is 23.3 Å². The van der Waals surface area contributed by atoms with Crippen molar-refractivity contribution in [3.05, 3.63) is 114 Å². The lowest BCUT2D eigenvalue weighted by molar-refractivity contribution is -0.121. The van der Waals surface area contributed by atoms with E-state index < -0.39 is 22.3 Å². The van der Waals surface area contributed by atoms with Gasteiger partial charge in [-0.1, -0.05) is 12.1 Å². The Morgan fingerprint density at radius 1 is 0.956 bits per heavy atom. The number of carbonyl (C=O) groups excluding carboxylic acids is 3. The van der Waals surface area contributed by atoms with Crippen LogP contribution in [0.15, 0.2) is 84.9 Å². The number of amides is 3. The van der Waals surface area contributed by atoms with E-state index in [1.54, 1.807) is 37.3 Å². The second-order valence-corrected chi connectivity index (χ2v) is 12.1. The van der Waals surface area contributed by atoms with Crippen LogP contribution >= 0.6 is 11.8 Å². The van der Waals surface area contributed by atoms with Crippen LogP contribution in [0.4, 0.5) is 19.3 Å². The van der Waals surface area contributed by atoms with Crippen LogP contribution in [-0.4, -0.2) is 31.4 Å². The maximum absolute atomic E-state index is 13.9. The third kappa shape index (κ3) is 6.50. The summed E-state index contributed by atoms with van der Waals surface area (Å²) >= 11 is 1.01. The molecule has 1 saturated heterocycles. The first kappa shape index (κ1) is 29.8. The van der Waals surface area contributed by atoms with Gasteiger partial charge in [0, 0.05) is 24.9 Å². The summed E-state index contributed by atoms with van der Waals surface area (Å²) in [4.78, 5) is 40.8. The summed E-state index contributed by atoms with van der Waals surface area (Å²) in [5.41, 5.74) is 2.67. The number of ether oxygens (including phenoxy) is 2. The minimum atomic E-state index is -0.941. The van der Waals surface area contributed by atoms with E-state index in [2.05, 4.69) is 15.6 Å². The highest BCUT2D eigenvalue weighted by Crippen LogP contribution is 2.35. The van der Waals surface area contributed by atoms with Gasteiger partial charge < -0.3 is 19.4 Å². The quantitative estimate of drug-likeness (QED) is 0.186. The largest absolute Gasteiger partial charge is 0.486 e. The Balaban J connectivity index is 1.07. The zero-order valence-electron chi connectivity index (χ0n) is 24.1. The summed E-state index contributed by atoms with van der Waals surface area (Å²) in [6.45, 7) is 1.98. The molecule has 12 heteroatoms. The molecular weight excluding hydrogens is 602 g/mol. The number of fused-ring (bicyclic) bond motifs is 1. The van der Waals surface area contributed by atoms with Gasteiger partial charge in [-0.25, -0.2) is 13.8 Å². The lowest BCUT2D eigenvalue weighted by Crippen LogP contribution is -2.35. The van der Waals surface area contributed by atoms with E-state index in [1.807, 2.05) is 48.0 Å². The van der Waals surface area contributed by atoms with Gasteiger partial charge in [0.25, 0.3) is 11.1 Å². The molecule has 1 aliphatic rings. The maximum Gasteiger partial charge on any atom is 0.286 e. The van der Waals surface area contributed by atoms with Crippen molar-refractivity contribution >= 4 is 45.5 Å². The van der Waals surface area contributed by atoms with Crippen molar-refractivity contribution in [3.8, 4) is 17.2 Å². The molecule has 3 amide bonds. The van der Waals surface area contributed by atoms with Crippen LogP contribution in [0.1, 0.15) is 28.7 Å². The molecular formula is C33H26F2N4O5S. The Bertz CT molecular complexity index is 1950. The number of rotatable bonds is 9. The molecule has 1 aromatic heterocycles. The van der Waals surface area contributed by atoms with Crippen molar-refractivity contribution in [2.75, 3.05) is 5.32 Å². The second kappa shape index (κ2) is 12.0. The standard InChI is InChI=1S/C33H26F2N4O5S/c1-33(31(41)38-32(42)45-33)17-19-3-8-22(9-4-19)43-18-29-37-27-14-12-24(16-28(27)39(29)2)44-23-10-6-21(7-11-23)36-30(40)25-13-5-20(34)15-26(25)35/h3-16H,17-18H2,1-2H3,(H,36,40)(H,38,41,42)/t33-/m1/s1. The van der Waals surface area contributed by atoms with Gasteiger partial charge in [-0.3, -0.25) is 19.7 Å². The number of imidazole rings is 1. The fraction of sp³-hybridized carbons (Fsp3) is 0.152. The van der Waals surface area contributed by atoms with E-state index in [1.165, 1.54) is 0 Å². The van der Waals surface area contributed by atoms with Gasteiger partial charge >= 0.3 is 0 Å². The summed E-state index contributed by atoms with van der Waals surface area (Å²) in [5.74, 6) is -0.244. The predicted octanol–water partition coefficient (Wildman–Crippen LogP) is 6.76. The highest BCUT2D eigenvalue weighted by molar-refractivity contribution is 8.16. The number of anilines is 1. The van der Waals surface area contributed by atoms with Gasteiger partial charge in [-0.15, -0.1) is 0 Å². The van der Waals surface area contributed by atoms with Gasteiger partial charge in [-0.05, 0) is 91.3 Å². The fourth-order valence-corrected chi connectivity index (χ4v) is 5.82. The molecule has 5 aromatic rings. The minimum Gasteiger partial charge on any atom is -0.486 e. The molecule has 0 bridgehead atoms. The number of nitrogens with zero attached hydrogens (tertiary/aromatic N) is 2. The van der Waals surface area contributed by atoms with Gasteiger partial charge in [0.15, 0.2) is 0 Å². The monoisotopic (exact) mass is 628 g/mol. The first-order chi connectivity index (χ1) is 21.6. The normalized spacial score (nSPS) is 16.1. The molecule has 0 aliphatic carbocycles. The number of benzene rings is 4. The van der Waals surface area contributed by atoms with Crippen LogP contribution in [0.2, 0.25) is 0 Å². The summed E-state index contributed by atoms with van der Waals surface area (Å²) in [5, 5.41) is 4.59. The molecule has 1 atom stereocenters. The van der Waals surface area contributed by atoms with E-state index in [0.29, 0.717) is 41.2 Å². The zero-order chi connectivity index (χ0) is 31.7. The SMILES string of the molecule is Cn1c(COc2ccc(C[C@@]3(C)SC(=O)NC3=O)cc2)nc2ccc(Oc3ccc(NC(=O)c4ccc(F)cc4F)cc3)cc21. The number of halogens is 2. The second-order valence-electron chi connectivity index (χ2n) is 10.6. The predicted molar refractivity (Wildman–Crippen MR) is 166 cm³/mol. The average molecular weight is 629 g/mol. The van der Waals surface area contributed by atoms with Crippen molar-refractivity contribution in [1.29, 1.82) is 0 Å². The number of aromatic nitrogens is 2. The Labute approximate surface area is 260 Å². The van der Waals surface area contributed by atoms with Crippen molar-refractivity contribution in [2.24, 2.45) is 7.05 Å². The third-order valence-corrected chi connectivity index (χ3v) is 8.38. The number of hydrogen-bond donors (Lipinski definition) is 2. The van der Waals surface area contributed by atoms with Crippen LogP contribution in [0, 0.1) is 11.6 Å². The van der Waals surface area contributed by atoms with Crippen LogP contribution in [0.3, 0.4) is 0 Å². The summed E-state index contributed by atoms with van der Waals surface area (Å²) in [6.07, 6.45) is 0.421. The number of aryl methyl sites for hydroxylation is 1. The van der Waals surface area contributed by atoms with E-state index in [4.69, 9.17) is 9.47 Å². The summed E-state index contributed by atoms with van der Waals surface area (Å²) in [6, 6.07) is 22.2. The average Bonchev–Trinajstić information content (AvgIpc) is 3.45. The third-order valence-electron chi connectivity index (χ3n) is 7.32. The van der Waals surface area contributed by atoms with Gasteiger partial charge in [0.2, 0.25) is 5.91 Å². The Morgan fingerprint density at radius 3 is 2.36 bits per heavy atom. The first-order valence-electron chi connectivity index (χ1n) is 13.8. The molecule has 0 radical (unpaired) electrons. The van der Waals surface area contributed by atoms with Crippen molar-refractivity contribution < 1.29 is 32.6 Å². The summed E-state index contributed by atoms with van der Waals surface area (Å²) < 4.78 is 40.1. The Morgan fingerprint density at radius 2 is 1.67 bits per heavy atom. The maximum atomic E-state index is 13.9. The van der Waals surface area contributed by atoms with E-state index >= 15 is 0 Å². The zero-order valence-corrected chi connectivity index (χ0v) is 24.9. The molecule has 2 N–H and O–H groups in total. The van der Waals surface area contributed by atoms with Crippen LogP contribution in [0.5, 0.6) is 17.2 Å². The summed E-state index contributed by atoms with van der Waals surface area (Å²) in [7, 11) is 1.88. The van der Waals surface area contributed by atoms with Crippen molar-refractivity contribution in [2.45, 2.75) is 24.7 Å². The van der Waals surface area contributed by atoms with E-state index in [0.717, 1.165) is 40.5 Å². The number of carbonyl (C=O) groups is 3. The molecule has 0 spiro atoms. The van der Waals surface area contributed by atoms with Crippen LogP contribution in [-0.2, 0) is 24.9 Å². The molecule has 6 rings (SSSR count). The Kier molecular flexibility index (Phi) is 7.98. The molecule has 4 aromatic carbocycles. The lowest BCUT2D eigenvalue weighted by Gasteiger charge is -2.18. The molecule has 45 heavy (non-hydrogen) atoms. The number of thioether (sulfide) groups is 1. The minimum absolute atomic E-state index is 0.222. The fourth-order valence-electron chi connectivity index (χ4n) is 4.89. The number of hydrogen-bond acceptors (Lipinski definition) is 7. The van der Waals surface area contributed by atoms with Gasteiger partial charge in [-0.2, -0.15) is 0 Å². The molecule has 9 nitrogen and oxygen atoms in total. The van der Waals surface area contributed by atoms with E-state index in [9.17, 15) is 23.2 Å². The van der Waals surface area contributed by atoms with Crippen molar-refractivity contribution in [1.82, 2.24) is 14.9 Å². The Hall–Kier alpha value is -5.23. The first-order valence-corrected chi connectivity index (χ1v) is 14.6. The van der Waals surface area contributed by atoms with Crippen LogP contribution in [0.25, 0.3) is 11.0 Å². The molecule has 0 saturated carbocycles. The number of nitrogens with one attached hydrogen (secondary N) is 2. The topological polar surface area (TPSA) is 112 Å². The smallest absolute Gasteiger partial charge is 0.286 e. The van der Waals surface area contributed by atoms with Crippen LogP contribution < -0.4 is 20.1 Å². The number of imide groups is 1. The molecule has 1 aliphatic heterocycles. The lowest BCUT2D eigenvalue weighted by atomic mass is 9.99. The highest BCUT2D eigenvalue weighted by atomic mass is 32.2. The van der Waals surface area contributed by atoms with Gasteiger partial charge in [0.05, 0.1) is 16.6 Å². The molecule has 228 valence electrons. The van der Waals surface area contributed by atoms with Crippen molar-refractivity contribution in [3.63, 3.8) is 0 Å². The molecule has 0 unspecified atom stereocenters. The molecule has 2 heterocycles.